The van der Waals surface area contributed by atoms with Crippen LogP contribution in [0.25, 0.3) is 5.69 Å². The number of carbonyl (C=O) groups is 1. The molecule has 6 heteroatoms. The first kappa shape index (κ1) is 19.2. The number of hydrogen-bond donors (Lipinski definition) is 1. The summed E-state index contributed by atoms with van der Waals surface area (Å²) in [4.78, 5) is 15.2. The molecule has 2 aliphatic heterocycles. The summed E-state index contributed by atoms with van der Waals surface area (Å²) >= 11 is 0. The average molecular weight is 383 g/mol. The van der Waals surface area contributed by atoms with E-state index in [1.807, 2.05) is 42.8 Å². The van der Waals surface area contributed by atoms with Crippen LogP contribution in [-0.2, 0) is 9.53 Å². The Kier molecular flexibility index (Phi) is 5.78. The zero-order chi connectivity index (χ0) is 19.5. The number of carbonyl (C=O) groups excluding carboxylic acids is 1. The Morgan fingerprint density at radius 1 is 1.18 bits per heavy atom. The second-order valence-electron chi connectivity index (χ2n) is 8.18. The molecule has 2 aliphatic rings. The predicted octanol–water partition coefficient (Wildman–Crippen LogP) is 3.18. The minimum absolute atomic E-state index is 0.103. The number of anilines is 1. The largest absolute Gasteiger partial charge is 0.381 e. The van der Waals surface area contributed by atoms with Gasteiger partial charge in [0.15, 0.2) is 0 Å². The van der Waals surface area contributed by atoms with E-state index < -0.39 is 0 Å². The van der Waals surface area contributed by atoms with E-state index in [4.69, 9.17) is 4.74 Å². The first-order chi connectivity index (χ1) is 13.6. The van der Waals surface area contributed by atoms with E-state index in [9.17, 15) is 4.79 Å². The van der Waals surface area contributed by atoms with Crippen LogP contribution in [-0.4, -0.2) is 53.4 Å². The van der Waals surface area contributed by atoms with Gasteiger partial charge in [-0.25, -0.2) is 4.68 Å². The summed E-state index contributed by atoms with van der Waals surface area (Å²) in [7, 11) is 0. The van der Waals surface area contributed by atoms with Gasteiger partial charge >= 0.3 is 0 Å². The molecule has 28 heavy (non-hydrogen) atoms. The van der Waals surface area contributed by atoms with Gasteiger partial charge in [0.05, 0.1) is 18.0 Å². The van der Waals surface area contributed by atoms with Crippen molar-refractivity contribution in [3.8, 4) is 5.69 Å². The molecule has 0 aliphatic carbocycles. The molecule has 0 radical (unpaired) electrons. The zero-order valence-electron chi connectivity index (χ0n) is 16.9. The molecule has 0 saturated carbocycles. The lowest BCUT2D eigenvalue weighted by Crippen LogP contribution is -2.40. The number of likely N-dealkylation sites (tertiary alicyclic amines) is 1. The number of aryl methyl sites for hydroxylation is 2. The lowest BCUT2D eigenvalue weighted by Gasteiger charge is -2.32. The van der Waals surface area contributed by atoms with Crippen LogP contribution in [0.1, 0.15) is 30.7 Å². The maximum Gasteiger partial charge on any atom is 0.227 e. The number of rotatable bonds is 5. The smallest absolute Gasteiger partial charge is 0.227 e. The second-order valence-corrected chi connectivity index (χ2v) is 8.18. The molecule has 1 aromatic heterocycles. The molecular weight excluding hydrogens is 352 g/mol. The summed E-state index contributed by atoms with van der Waals surface area (Å²) in [6.45, 7) is 8.96. The van der Waals surface area contributed by atoms with Gasteiger partial charge in [-0.15, -0.1) is 0 Å². The lowest BCUT2D eigenvalue weighted by molar-refractivity contribution is -0.121. The van der Waals surface area contributed by atoms with E-state index in [-0.39, 0.29) is 11.8 Å². The van der Waals surface area contributed by atoms with Crippen LogP contribution >= 0.6 is 0 Å². The quantitative estimate of drug-likeness (QED) is 0.863. The molecule has 6 nitrogen and oxygen atoms in total. The lowest BCUT2D eigenvalue weighted by atomic mass is 9.95. The van der Waals surface area contributed by atoms with Crippen molar-refractivity contribution in [1.82, 2.24) is 14.7 Å². The number of nitrogens with one attached hydrogen (secondary N) is 1. The van der Waals surface area contributed by atoms with E-state index in [0.717, 1.165) is 68.5 Å². The SMILES string of the molecule is Cc1cc(C)n(-c2ccc(NC(=O)C3CCN(C[C@H]4CCOC4)CC3)cc2)n1. The highest BCUT2D eigenvalue weighted by Gasteiger charge is 2.27. The highest BCUT2D eigenvalue weighted by molar-refractivity contribution is 5.92. The van der Waals surface area contributed by atoms with Crippen molar-refractivity contribution in [2.75, 3.05) is 38.2 Å². The minimum atomic E-state index is 0.103. The number of amides is 1. The predicted molar refractivity (Wildman–Crippen MR) is 110 cm³/mol. The molecule has 2 saturated heterocycles. The third-order valence-corrected chi connectivity index (χ3v) is 5.89. The van der Waals surface area contributed by atoms with Gasteiger partial charge in [-0.3, -0.25) is 4.79 Å². The van der Waals surface area contributed by atoms with Crippen LogP contribution in [0.2, 0.25) is 0 Å². The Labute approximate surface area is 166 Å². The number of hydrogen-bond acceptors (Lipinski definition) is 4. The molecule has 150 valence electrons. The van der Waals surface area contributed by atoms with Crippen molar-refractivity contribution >= 4 is 11.6 Å². The molecule has 0 spiro atoms. The maximum absolute atomic E-state index is 12.7. The Morgan fingerprint density at radius 3 is 2.54 bits per heavy atom. The van der Waals surface area contributed by atoms with Crippen molar-refractivity contribution in [2.45, 2.75) is 33.1 Å². The molecule has 3 heterocycles. The molecule has 1 atom stereocenters. The number of benzene rings is 1. The van der Waals surface area contributed by atoms with Crippen LogP contribution in [0, 0.1) is 25.7 Å². The Hall–Kier alpha value is -2.18. The summed E-state index contributed by atoms with van der Waals surface area (Å²) in [5, 5.41) is 7.60. The van der Waals surface area contributed by atoms with Crippen LogP contribution in [0.4, 0.5) is 5.69 Å². The third kappa shape index (κ3) is 4.45. The van der Waals surface area contributed by atoms with Crippen LogP contribution < -0.4 is 5.32 Å². The fourth-order valence-corrected chi connectivity index (χ4v) is 4.29. The standard InChI is InChI=1S/C22H30N4O2/c1-16-13-17(2)26(24-16)21-5-3-20(4-6-21)23-22(27)19-7-10-25(11-8-19)14-18-9-12-28-15-18/h3-6,13,18-19H,7-12,14-15H2,1-2H3,(H,23,27)/t18-/m1/s1. The molecule has 0 unspecified atom stereocenters. The van der Waals surface area contributed by atoms with Gasteiger partial charge in [0, 0.05) is 30.5 Å². The molecular formula is C22H30N4O2. The summed E-state index contributed by atoms with van der Waals surface area (Å²) < 4.78 is 7.40. The van der Waals surface area contributed by atoms with Crippen LogP contribution in [0.15, 0.2) is 30.3 Å². The number of aromatic nitrogens is 2. The highest BCUT2D eigenvalue weighted by Crippen LogP contribution is 2.23. The van der Waals surface area contributed by atoms with E-state index in [2.05, 4.69) is 21.4 Å². The van der Waals surface area contributed by atoms with E-state index in [0.29, 0.717) is 5.92 Å². The monoisotopic (exact) mass is 382 g/mol. The third-order valence-electron chi connectivity index (χ3n) is 5.89. The number of piperidine rings is 1. The van der Waals surface area contributed by atoms with E-state index in [1.54, 1.807) is 0 Å². The van der Waals surface area contributed by atoms with Gasteiger partial charge in [-0.1, -0.05) is 0 Å². The van der Waals surface area contributed by atoms with Gasteiger partial charge in [0.2, 0.25) is 5.91 Å². The molecule has 2 aromatic rings. The Bertz CT molecular complexity index is 800. The normalized spacial score (nSPS) is 21.1. The first-order valence-corrected chi connectivity index (χ1v) is 10.3. The molecule has 1 aromatic carbocycles. The fourth-order valence-electron chi connectivity index (χ4n) is 4.29. The minimum Gasteiger partial charge on any atom is -0.381 e. The zero-order valence-corrected chi connectivity index (χ0v) is 16.9. The topological polar surface area (TPSA) is 59.4 Å². The van der Waals surface area contributed by atoms with E-state index in [1.165, 1.54) is 6.42 Å². The Morgan fingerprint density at radius 2 is 1.93 bits per heavy atom. The molecule has 1 N–H and O–H groups in total. The van der Waals surface area contributed by atoms with E-state index >= 15 is 0 Å². The summed E-state index contributed by atoms with van der Waals surface area (Å²) in [5.41, 5.74) is 3.96. The molecule has 2 fully saturated rings. The molecule has 0 bridgehead atoms. The van der Waals surface area contributed by atoms with Crippen molar-refractivity contribution in [1.29, 1.82) is 0 Å². The van der Waals surface area contributed by atoms with Crippen LogP contribution in [0.3, 0.4) is 0 Å². The summed E-state index contributed by atoms with van der Waals surface area (Å²) in [6.07, 6.45) is 3.04. The van der Waals surface area contributed by atoms with Gasteiger partial charge in [0.1, 0.15) is 0 Å². The van der Waals surface area contributed by atoms with Crippen LogP contribution in [0.5, 0.6) is 0 Å². The Balaban J connectivity index is 1.28. The van der Waals surface area contributed by atoms with Crippen molar-refractivity contribution in [3.63, 3.8) is 0 Å². The highest BCUT2D eigenvalue weighted by atomic mass is 16.5. The van der Waals surface area contributed by atoms with Gasteiger partial charge in [0.25, 0.3) is 0 Å². The average Bonchev–Trinajstić information content (AvgIpc) is 3.32. The number of ether oxygens (including phenoxy) is 1. The number of nitrogens with zero attached hydrogens (tertiary/aromatic N) is 3. The fraction of sp³-hybridized carbons (Fsp3) is 0.545. The van der Waals surface area contributed by atoms with Crippen molar-refractivity contribution in [3.05, 3.63) is 41.7 Å². The molecule has 4 rings (SSSR count). The van der Waals surface area contributed by atoms with Crippen molar-refractivity contribution in [2.24, 2.45) is 11.8 Å². The maximum atomic E-state index is 12.7. The summed E-state index contributed by atoms with van der Waals surface area (Å²) in [5.74, 6) is 0.917. The van der Waals surface area contributed by atoms with Gasteiger partial charge in [-0.2, -0.15) is 5.10 Å². The molecule has 1 amide bonds. The second kappa shape index (κ2) is 8.45. The van der Waals surface area contributed by atoms with Gasteiger partial charge < -0.3 is 15.0 Å². The van der Waals surface area contributed by atoms with Crippen molar-refractivity contribution < 1.29 is 9.53 Å². The first-order valence-electron chi connectivity index (χ1n) is 10.3. The van der Waals surface area contributed by atoms with Gasteiger partial charge in [-0.05, 0) is 82.4 Å². The summed E-state index contributed by atoms with van der Waals surface area (Å²) in [6, 6.07) is 9.97.